The minimum absolute atomic E-state index is 0.0530. The van der Waals surface area contributed by atoms with Crippen LogP contribution in [0, 0.1) is 25.2 Å². The van der Waals surface area contributed by atoms with E-state index in [0.717, 1.165) is 11.1 Å². The van der Waals surface area contributed by atoms with Gasteiger partial charge in [0.1, 0.15) is 17.4 Å². The molecule has 0 heterocycles. The minimum atomic E-state index is -0.634. The molecule has 8 nitrogen and oxygen atoms in total. The molecule has 0 spiro atoms. The van der Waals surface area contributed by atoms with E-state index in [0.29, 0.717) is 23.5 Å². The Labute approximate surface area is 220 Å². The Bertz CT molecular complexity index is 1380. The molecule has 2 amide bonds. The molecule has 37 heavy (non-hydrogen) atoms. The summed E-state index contributed by atoms with van der Waals surface area (Å²) >= 11 is 6.44. The van der Waals surface area contributed by atoms with E-state index in [1.54, 1.807) is 13.0 Å². The van der Waals surface area contributed by atoms with Crippen molar-refractivity contribution in [2.45, 2.75) is 20.8 Å². The van der Waals surface area contributed by atoms with Crippen molar-refractivity contribution < 1.29 is 24.2 Å². The first-order valence-electron chi connectivity index (χ1n) is 11.4. The van der Waals surface area contributed by atoms with Crippen LogP contribution in [0.25, 0.3) is 6.08 Å². The van der Waals surface area contributed by atoms with Gasteiger partial charge in [-0.15, -0.1) is 0 Å². The lowest BCUT2D eigenvalue weighted by atomic mass is 10.1. The lowest BCUT2D eigenvalue weighted by Crippen LogP contribution is -2.21. The Balaban J connectivity index is 1.77. The van der Waals surface area contributed by atoms with Crippen molar-refractivity contribution >= 4 is 40.9 Å². The van der Waals surface area contributed by atoms with Crippen LogP contribution in [0.2, 0.25) is 5.02 Å². The number of benzene rings is 3. The predicted molar refractivity (Wildman–Crippen MR) is 143 cm³/mol. The number of aryl methyl sites for hydroxylation is 1. The highest BCUT2D eigenvalue weighted by Gasteiger charge is 2.16. The maximum Gasteiger partial charge on any atom is 0.266 e. The number of carbonyl (C=O) groups excluding carboxylic acids is 2. The molecule has 190 valence electrons. The van der Waals surface area contributed by atoms with Crippen LogP contribution in [-0.4, -0.2) is 30.1 Å². The first-order chi connectivity index (χ1) is 17.7. The summed E-state index contributed by atoms with van der Waals surface area (Å²) in [5, 5.41) is 24.5. The van der Waals surface area contributed by atoms with E-state index in [2.05, 4.69) is 10.6 Å². The van der Waals surface area contributed by atoms with Gasteiger partial charge in [-0.25, -0.2) is 0 Å². The number of nitrogens with zero attached hydrogens (tertiary/aromatic N) is 1. The Morgan fingerprint density at radius 2 is 1.81 bits per heavy atom. The number of aromatic hydroxyl groups is 1. The zero-order valence-corrected chi connectivity index (χ0v) is 21.3. The largest absolute Gasteiger partial charge is 0.508 e. The second kappa shape index (κ2) is 12.5. The summed E-state index contributed by atoms with van der Waals surface area (Å²) in [6, 6.07) is 16.4. The number of phenolic OH excluding ortho intramolecular Hbond substituents is 1. The third kappa shape index (κ3) is 7.26. The zero-order valence-electron chi connectivity index (χ0n) is 20.6. The van der Waals surface area contributed by atoms with Gasteiger partial charge in [0, 0.05) is 11.4 Å². The molecule has 3 aromatic carbocycles. The van der Waals surface area contributed by atoms with Gasteiger partial charge in [0.2, 0.25) is 0 Å². The number of phenols is 1. The number of hydrogen-bond donors (Lipinski definition) is 3. The lowest BCUT2D eigenvalue weighted by molar-refractivity contribution is -0.118. The van der Waals surface area contributed by atoms with E-state index in [1.165, 1.54) is 36.4 Å². The van der Waals surface area contributed by atoms with E-state index in [1.807, 2.05) is 38.1 Å². The van der Waals surface area contributed by atoms with E-state index in [9.17, 15) is 20.0 Å². The summed E-state index contributed by atoms with van der Waals surface area (Å²) in [5.41, 5.74) is 3.38. The number of anilines is 2. The topological polar surface area (TPSA) is 121 Å². The molecule has 9 heteroatoms. The number of halogens is 1. The molecule has 3 N–H and O–H groups in total. The number of rotatable bonds is 9. The standard InChI is InChI=1S/C28H26ClN3O5/c1-4-36-25-14-19(12-20(15-30)28(35)31-21-8-10-22(33)11-9-21)13-23(29)27(25)37-16-26(34)32-24-7-5-6-17(2)18(24)3/h5-14,33H,4,16H2,1-3H3,(H,31,35)(H,32,34)/b20-12+. The van der Waals surface area contributed by atoms with E-state index < -0.39 is 5.91 Å². The Kier molecular flexibility index (Phi) is 9.14. The molecule has 0 bridgehead atoms. The predicted octanol–water partition coefficient (Wildman–Crippen LogP) is 5.62. The van der Waals surface area contributed by atoms with Gasteiger partial charge in [-0.2, -0.15) is 5.26 Å². The fourth-order valence-corrected chi connectivity index (χ4v) is 3.62. The van der Waals surface area contributed by atoms with Crippen molar-refractivity contribution in [3.05, 3.63) is 81.9 Å². The molecule has 0 radical (unpaired) electrons. The maximum absolute atomic E-state index is 12.6. The minimum Gasteiger partial charge on any atom is -0.508 e. The highest BCUT2D eigenvalue weighted by Crippen LogP contribution is 2.37. The van der Waals surface area contributed by atoms with Crippen molar-refractivity contribution in [2.24, 2.45) is 0 Å². The molecule has 0 unspecified atom stereocenters. The van der Waals surface area contributed by atoms with Gasteiger partial charge in [0.25, 0.3) is 11.8 Å². The SMILES string of the molecule is CCOc1cc(/C=C(\C#N)C(=O)Nc2ccc(O)cc2)cc(Cl)c1OCC(=O)Nc1cccc(C)c1C. The highest BCUT2D eigenvalue weighted by molar-refractivity contribution is 6.32. The summed E-state index contributed by atoms with van der Waals surface area (Å²) in [4.78, 5) is 25.1. The van der Waals surface area contributed by atoms with Gasteiger partial charge in [-0.1, -0.05) is 23.7 Å². The van der Waals surface area contributed by atoms with Crippen LogP contribution in [-0.2, 0) is 9.59 Å². The lowest BCUT2D eigenvalue weighted by Gasteiger charge is -2.15. The summed E-state index contributed by atoms with van der Waals surface area (Å²) in [5.74, 6) is -0.516. The van der Waals surface area contributed by atoms with Crippen molar-refractivity contribution in [3.8, 4) is 23.3 Å². The van der Waals surface area contributed by atoms with E-state index in [-0.39, 0.29) is 40.4 Å². The summed E-state index contributed by atoms with van der Waals surface area (Å²) in [7, 11) is 0. The van der Waals surface area contributed by atoms with Gasteiger partial charge in [0.05, 0.1) is 11.6 Å². The summed E-state index contributed by atoms with van der Waals surface area (Å²) in [6.45, 7) is 5.64. The van der Waals surface area contributed by atoms with Gasteiger partial charge in [-0.05, 0) is 86.0 Å². The molecular formula is C28H26ClN3O5. The van der Waals surface area contributed by atoms with Crippen LogP contribution in [0.15, 0.2) is 60.2 Å². The number of ether oxygens (including phenoxy) is 2. The van der Waals surface area contributed by atoms with Crippen molar-refractivity contribution in [1.82, 2.24) is 0 Å². The van der Waals surface area contributed by atoms with Crippen LogP contribution in [0.1, 0.15) is 23.6 Å². The molecule has 0 saturated carbocycles. The fraction of sp³-hybridized carbons (Fsp3) is 0.179. The van der Waals surface area contributed by atoms with E-state index in [4.69, 9.17) is 21.1 Å². The first kappa shape index (κ1) is 27.1. The molecule has 0 saturated heterocycles. The molecule has 0 aliphatic rings. The van der Waals surface area contributed by atoms with E-state index >= 15 is 0 Å². The van der Waals surface area contributed by atoms with Crippen molar-refractivity contribution in [2.75, 3.05) is 23.8 Å². The zero-order chi connectivity index (χ0) is 26.9. The van der Waals surface area contributed by atoms with Crippen molar-refractivity contribution in [3.63, 3.8) is 0 Å². The average Bonchev–Trinajstić information content (AvgIpc) is 2.86. The first-order valence-corrected chi connectivity index (χ1v) is 11.8. The third-order valence-electron chi connectivity index (χ3n) is 5.36. The van der Waals surface area contributed by atoms with Crippen LogP contribution >= 0.6 is 11.6 Å². The smallest absolute Gasteiger partial charge is 0.266 e. The number of amides is 2. The maximum atomic E-state index is 12.6. The molecule has 3 rings (SSSR count). The number of nitriles is 1. The van der Waals surface area contributed by atoms with Crippen LogP contribution < -0.4 is 20.1 Å². The molecule has 0 aromatic heterocycles. The Hall–Kier alpha value is -4.48. The fourth-order valence-electron chi connectivity index (χ4n) is 3.34. The molecular weight excluding hydrogens is 494 g/mol. The number of hydrogen-bond acceptors (Lipinski definition) is 6. The number of nitrogens with one attached hydrogen (secondary N) is 2. The average molecular weight is 520 g/mol. The quantitative estimate of drug-likeness (QED) is 0.191. The van der Waals surface area contributed by atoms with Crippen LogP contribution in [0.4, 0.5) is 11.4 Å². The van der Waals surface area contributed by atoms with Gasteiger partial charge < -0.3 is 25.2 Å². The Morgan fingerprint density at radius 3 is 2.49 bits per heavy atom. The molecule has 0 aliphatic heterocycles. The normalized spacial score (nSPS) is 10.8. The van der Waals surface area contributed by atoms with Crippen molar-refractivity contribution in [1.29, 1.82) is 5.26 Å². The third-order valence-corrected chi connectivity index (χ3v) is 5.64. The second-order valence-corrected chi connectivity index (χ2v) is 8.43. The summed E-state index contributed by atoms with van der Waals surface area (Å²) in [6.07, 6.45) is 1.36. The Morgan fingerprint density at radius 1 is 1.08 bits per heavy atom. The number of carbonyl (C=O) groups is 2. The van der Waals surface area contributed by atoms with Crippen LogP contribution in [0.5, 0.6) is 17.2 Å². The van der Waals surface area contributed by atoms with Crippen LogP contribution in [0.3, 0.4) is 0 Å². The molecule has 0 aliphatic carbocycles. The highest BCUT2D eigenvalue weighted by atomic mass is 35.5. The molecule has 3 aromatic rings. The molecule has 0 fully saturated rings. The van der Waals surface area contributed by atoms with Gasteiger partial charge >= 0.3 is 0 Å². The second-order valence-electron chi connectivity index (χ2n) is 8.02. The molecule has 0 atom stereocenters. The monoisotopic (exact) mass is 519 g/mol. The summed E-state index contributed by atoms with van der Waals surface area (Å²) < 4.78 is 11.3. The van der Waals surface area contributed by atoms with Gasteiger partial charge in [-0.3, -0.25) is 9.59 Å². The van der Waals surface area contributed by atoms with Gasteiger partial charge in [0.15, 0.2) is 18.1 Å².